The van der Waals surface area contributed by atoms with E-state index in [-0.39, 0.29) is 5.92 Å². The average molecular weight is 228 g/mol. The lowest BCUT2D eigenvalue weighted by Gasteiger charge is -2.24. The van der Waals surface area contributed by atoms with Gasteiger partial charge in [-0.05, 0) is 18.4 Å². The first-order valence-electron chi connectivity index (χ1n) is 6.58. The Labute approximate surface area is 104 Å². The molecule has 2 nitrogen and oxygen atoms in total. The standard InChI is InChI=1S/C15H20N2/c16-11-14(13-7-3-1-4-8-13)12-17-15-9-5-2-6-10-15/h1,3-4,7-8,14-15,17H,2,5-6,9-10,12H2/t14-/m0/s1. The molecule has 1 aromatic carbocycles. The molecule has 1 saturated carbocycles. The van der Waals surface area contributed by atoms with Crippen molar-refractivity contribution in [1.29, 1.82) is 5.26 Å². The predicted molar refractivity (Wildman–Crippen MR) is 69.7 cm³/mol. The van der Waals surface area contributed by atoms with E-state index in [1.807, 2.05) is 30.3 Å². The second kappa shape index (κ2) is 6.42. The fraction of sp³-hybridized carbons (Fsp3) is 0.533. The monoisotopic (exact) mass is 228 g/mol. The van der Waals surface area contributed by atoms with E-state index in [1.54, 1.807) is 0 Å². The molecule has 0 aromatic heterocycles. The summed E-state index contributed by atoms with van der Waals surface area (Å²) in [4.78, 5) is 0. The van der Waals surface area contributed by atoms with Crippen LogP contribution in [0.5, 0.6) is 0 Å². The molecule has 1 aromatic rings. The van der Waals surface area contributed by atoms with Crippen LogP contribution in [0.1, 0.15) is 43.6 Å². The van der Waals surface area contributed by atoms with Crippen molar-refractivity contribution < 1.29 is 0 Å². The summed E-state index contributed by atoms with van der Waals surface area (Å²) in [6, 6.07) is 13.1. The molecule has 0 spiro atoms. The highest BCUT2D eigenvalue weighted by Crippen LogP contribution is 2.19. The predicted octanol–water partition coefficient (Wildman–Crippen LogP) is 3.22. The Balaban J connectivity index is 1.86. The minimum Gasteiger partial charge on any atom is -0.312 e. The molecular weight excluding hydrogens is 208 g/mol. The lowest BCUT2D eigenvalue weighted by molar-refractivity contribution is 0.372. The summed E-state index contributed by atoms with van der Waals surface area (Å²) in [6.45, 7) is 0.783. The molecule has 90 valence electrons. The Kier molecular flexibility index (Phi) is 4.58. The van der Waals surface area contributed by atoms with E-state index in [2.05, 4.69) is 11.4 Å². The third kappa shape index (κ3) is 3.57. The van der Waals surface area contributed by atoms with Crippen molar-refractivity contribution >= 4 is 0 Å². The van der Waals surface area contributed by atoms with Crippen LogP contribution < -0.4 is 5.32 Å². The van der Waals surface area contributed by atoms with Gasteiger partial charge < -0.3 is 5.32 Å². The van der Waals surface area contributed by atoms with Gasteiger partial charge in [0.1, 0.15) is 0 Å². The molecule has 0 radical (unpaired) electrons. The van der Waals surface area contributed by atoms with Crippen LogP contribution in [0.25, 0.3) is 0 Å². The Hall–Kier alpha value is -1.33. The van der Waals surface area contributed by atoms with Crippen molar-refractivity contribution in [1.82, 2.24) is 5.32 Å². The van der Waals surface area contributed by atoms with Gasteiger partial charge in [0.2, 0.25) is 0 Å². The third-order valence-corrected chi connectivity index (χ3v) is 3.57. The van der Waals surface area contributed by atoms with Gasteiger partial charge in [-0.1, -0.05) is 49.6 Å². The Morgan fingerprint density at radius 2 is 1.88 bits per heavy atom. The van der Waals surface area contributed by atoms with Gasteiger partial charge in [-0.25, -0.2) is 0 Å². The van der Waals surface area contributed by atoms with Crippen molar-refractivity contribution in [3.63, 3.8) is 0 Å². The molecule has 2 rings (SSSR count). The van der Waals surface area contributed by atoms with Crippen molar-refractivity contribution in [2.45, 2.75) is 44.1 Å². The minimum absolute atomic E-state index is 0.0156. The smallest absolute Gasteiger partial charge is 0.0837 e. The highest BCUT2D eigenvalue weighted by molar-refractivity contribution is 5.25. The van der Waals surface area contributed by atoms with Crippen LogP contribution in [0.3, 0.4) is 0 Å². The molecule has 1 atom stereocenters. The number of hydrogen-bond acceptors (Lipinski definition) is 2. The van der Waals surface area contributed by atoms with Gasteiger partial charge in [0.05, 0.1) is 12.0 Å². The van der Waals surface area contributed by atoms with Gasteiger partial charge in [0, 0.05) is 12.6 Å². The number of nitriles is 1. The first kappa shape index (κ1) is 12.1. The second-order valence-corrected chi connectivity index (χ2v) is 4.84. The first-order valence-corrected chi connectivity index (χ1v) is 6.58. The fourth-order valence-electron chi connectivity index (χ4n) is 2.51. The molecule has 0 amide bonds. The molecular formula is C15H20N2. The van der Waals surface area contributed by atoms with Gasteiger partial charge in [-0.3, -0.25) is 0 Å². The summed E-state index contributed by atoms with van der Waals surface area (Å²) in [5, 5.41) is 12.8. The summed E-state index contributed by atoms with van der Waals surface area (Å²) in [5.41, 5.74) is 1.12. The summed E-state index contributed by atoms with van der Waals surface area (Å²) in [6.07, 6.45) is 6.58. The van der Waals surface area contributed by atoms with Crippen LogP contribution in [0.15, 0.2) is 30.3 Å². The molecule has 17 heavy (non-hydrogen) atoms. The molecule has 0 heterocycles. The van der Waals surface area contributed by atoms with Crippen LogP contribution in [0, 0.1) is 11.3 Å². The van der Waals surface area contributed by atoms with Crippen LogP contribution in [0.2, 0.25) is 0 Å². The fourth-order valence-corrected chi connectivity index (χ4v) is 2.51. The maximum absolute atomic E-state index is 9.22. The minimum atomic E-state index is -0.0156. The molecule has 1 N–H and O–H groups in total. The molecule has 1 aliphatic rings. The first-order chi connectivity index (χ1) is 8.40. The lowest BCUT2D eigenvalue weighted by atomic mass is 9.94. The van der Waals surface area contributed by atoms with E-state index in [9.17, 15) is 5.26 Å². The van der Waals surface area contributed by atoms with Gasteiger partial charge in [0.15, 0.2) is 0 Å². The largest absolute Gasteiger partial charge is 0.312 e. The highest BCUT2D eigenvalue weighted by atomic mass is 14.9. The number of nitrogens with one attached hydrogen (secondary N) is 1. The summed E-state index contributed by atoms with van der Waals surface area (Å²) in [7, 11) is 0. The molecule has 2 heteroatoms. The van der Waals surface area contributed by atoms with Gasteiger partial charge in [-0.2, -0.15) is 5.26 Å². The Bertz CT molecular complexity index is 360. The van der Waals surface area contributed by atoms with E-state index in [4.69, 9.17) is 0 Å². The summed E-state index contributed by atoms with van der Waals surface area (Å²) >= 11 is 0. The van der Waals surface area contributed by atoms with E-state index in [1.165, 1.54) is 32.1 Å². The van der Waals surface area contributed by atoms with Crippen molar-refractivity contribution in [3.8, 4) is 6.07 Å². The van der Waals surface area contributed by atoms with Gasteiger partial charge in [0.25, 0.3) is 0 Å². The Morgan fingerprint density at radius 1 is 1.18 bits per heavy atom. The Morgan fingerprint density at radius 3 is 2.53 bits per heavy atom. The molecule has 1 aliphatic carbocycles. The number of rotatable bonds is 4. The maximum Gasteiger partial charge on any atom is 0.0837 e. The third-order valence-electron chi connectivity index (χ3n) is 3.57. The second-order valence-electron chi connectivity index (χ2n) is 4.84. The maximum atomic E-state index is 9.22. The number of hydrogen-bond donors (Lipinski definition) is 1. The number of benzene rings is 1. The van der Waals surface area contributed by atoms with Crippen LogP contribution >= 0.6 is 0 Å². The van der Waals surface area contributed by atoms with Crippen LogP contribution in [0.4, 0.5) is 0 Å². The van der Waals surface area contributed by atoms with Crippen molar-refractivity contribution in [3.05, 3.63) is 35.9 Å². The molecule has 0 aliphatic heterocycles. The van der Waals surface area contributed by atoms with E-state index >= 15 is 0 Å². The van der Waals surface area contributed by atoms with Gasteiger partial charge >= 0.3 is 0 Å². The molecule has 0 bridgehead atoms. The molecule has 0 saturated heterocycles. The van der Waals surface area contributed by atoms with Crippen LogP contribution in [-0.4, -0.2) is 12.6 Å². The van der Waals surface area contributed by atoms with E-state index in [0.29, 0.717) is 6.04 Å². The molecule has 0 unspecified atom stereocenters. The van der Waals surface area contributed by atoms with Crippen molar-refractivity contribution in [2.75, 3.05) is 6.54 Å². The molecule has 1 fully saturated rings. The SMILES string of the molecule is N#C[C@@H](CNC1CCCCC1)c1ccccc1. The van der Waals surface area contributed by atoms with Crippen LogP contribution in [-0.2, 0) is 0 Å². The van der Waals surface area contributed by atoms with E-state index in [0.717, 1.165) is 12.1 Å². The zero-order valence-corrected chi connectivity index (χ0v) is 10.2. The quantitative estimate of drug-likeness (QED) is 0.859. The zero-order valence-electron chi connectivity index (χ0n) is 10.2. The van der Waals surface area contributed by atoms with E-state index < -0.39 is 0 Å². The topological polar surface area (TPSA) is 35.8 Å². The summed E-state index contributed by atoms with van der Waals surface area (Å²) in [5.74, 6) is -0.0156. The summed E-state index contributed by atoms with van der Waals surface area (Å²) < 4.78 is 0. The normalized spacial score (nSPS) is 18.5. The van der Waals surface area contributed by atoms with Crippen molar-refractivity contribution in [2.24, 2.45) is 0 Å². The average Bonchev–Trinajstić information content (AvgIpc) is 2.42. The van der Waals surface area contributed by atoms with Gasteiger partial charge in [-0.15, -0.1) is 0 Å². The highest BCUT2D eigenvalue weighted by Gasteiger charge is 2.15. The zero-order chi connectivity index (χ0) is 11.9. The number of nitrogens with zero attached hydrogens (tertiary/aromatic N) is 1. The lowest BCUT2D eigenvalue weighted by Crippen LogP contribution is -2.33.